The second-order valence-electron chi connectivity index (χ2n) is 6.29. The van der Waals surface area contributed by atoms with Crippen LogP contribution in [-0.2, 0) is 0 Å². The van der Waals surface area contributed by atoms with E-state index in [1.165, 1.54) is 38.8 Å². The normalized spacial score (nSPS) is 21.6. The third-order valence-electron chi connectivity index (χ3n) is 5.06. The van der Waals surface area contributed by atoms with Gasteiger partial charge in [-0.2, -0.15) is 0 Å². The summed E-state index contributed by atoms with van der Waals surface area (Å²) in [6, 6.07) is 0. The molecule has 0 aromatic rings. The van der Waals surface area contributed by atoms with Crippen LogP contribution in [0.1, 0.15) is 46.5 Å². The highest BCUT2D eigenvalue weighted by Gasteiger charge is 2.43. The van der Waals surface area contributed by atoms with Crippen LogP contribution in [0.5, 0.6) is 0 Å². The van der Waals surface area contributed by atoms with Crippen LogP contribution < -0.4 is 5.32 Å². The molecule has 0 aromatic heterocycles. The fourth-order valence-corrected chi connectivity index (χ4v) is 3.46. The Hall–Kier alpha value is -0.770. The van der Waals surface area contributed by atoms with Crippen molar-refractivity contribution < 1.29 is 0 Å². The molecule has 2 rings (SSSR count). The molecule has 0 unspecified atom stereocenters. The lowest BCUT2D eigenvalue weighted by Crippen LogP contribution is -2.43. The highest BCUT2D eigenvalue weighted by atomic mass is 15.3. The van der Waals surface area contributed by atoms with Crippen LogP contribution >= 0.6 is 0 Å². The number of likely N-dealkylation sites (N-methyl/N-ethyl adjacent to an activating group) is 1. The number of likely N-dealkylation sites (tertiary alicyclic amines) is 1. The standard InChI is InChI=1S/C16H32N4/c1-4-17-15(18-11-13-19(5-2)6-3)20-12-10-16(14-20)8-7-9-16/h4-14H2,1-3H3,(H,17,18). The molecule has 1 N–H and O–H groups in total. The van der Waals surface area contributed by atoms with Crippen LogP contribution in [-0.4, -0.2) is 61.6 Å². The van der Waals surface area contributed by atoms with Gasteiger partial charge in [0.25, 0.3) is 0 Å². The molecule has 2 aliphatic rings. The molecule has 0 radical (unpaired) electrons. The van der Waals surface area contributed by atoms with Gasteiger partial charge in [-0.15, -0.1) is 0 Å². The lowest BCUT2D eigenvalue weighted by atomic mass is 9.68. The van der Waals surface area contributed by atoms with Gasteiger partial charge in [0.15, 0.2) is 5.96 Å². The summed E-state index contributed by atoms with van der Waals surface area (Å²) in [5.74, 6) is 1.14. The van der Waals surface area contributed by atoms with E-state index < -0.39 is 0 Å². The Kier molecular flexibility index (Phi) is 5.70. The predicted octanol–water partition coefficient (Wildman–Crippen LogP) is 2.17. The summed E-state index contributed by atoms with van der Waals surface area (Å²) in [4.78, 5) is 9.77. The Morgan fingerprint density at radius 2 is 1.95 bits per heavy atom. The average Bonchev–Trinajstić information content (AvgIpc) is 2.88. The zero-order valence-corrected chi connectivity index (χ0v) is 13.6. The van der Waals surface area contributed by atoms with Crippen LogP contribution in [0.4, 0.5) is 0 Å². The van der Waals surface area contributed by atoms with Crippen LogP contribution in [0.25, 0.3) is 0 Å². The van der Waals surface area contributed by atoms with Crippen LogP contribution in [0.2, 0.25) is 0 Å². The molecule has 1 aliphatic carbocycles. The fourth-order valence-electron chi connectivity index (χ4n) is 3.46. The Morgan fingerprint density at radius 3 is 2.45 bits per heavy atom. The maximum Gasteiger partial charge on any atom is 0.193 e. The van der Waals surface area contributed by atoms with E-state index >= 15 is 0 Å². The fraction of sp³-hybridized carbons (Fsp3) is 0.938. The SMILES string of the molecule is CCNC(=NCCN(CC)CC)N1CCC2(CCC2)C1. The summed E-state index contributed by atoms with van der Waals surface area (Å²) < 4.78 is 0. The van der Waals surface area contributed by atoms with Gasteiger partial charge in [0.1, 0.15) is 0 Å². The molecule has 0 bridgehead atoms. The summed E-state index contributed by atoms with van der Waals surface area (Å²) >= 11 is 0. The van der Waals surface area contributed by atoms with E-state index in [1.807, 2.05) is 0 Å². The molecule has 20 heavy (non-hydrogen) atoms. The molecule has 1 heterocycles. The molecular formula is C16H32N4. The zero-order chi connectivity index (χ0) is 14.4. The zero-order valence-electron chi connectivity index (χ0n) is 13.6. The van der Waals surface area contributed by atoms with Crippen LogP contribution in [0.15, 0.2) is 4.99 Å². The van der Waals surface area contributed by atoms with Crippen molar-refractivity contribution >= 4 is 5.96 Å². The Labute approximate surface area is 124 Å². The molecule has 1 saturated heterocycles. The minimum absolute atomic E-state index is 0.648. The molecule has 116 valence electrons. The number of hydrogen-bond donors (Lipinski definition) is 1. The Morgan fingerprint density at radius 1 is 1.20 bits per heavy atom. The predicted molar refractivity (Wildman–Crippen MR) is 86.2 cm³/mol. The van der Waals surface area contributed by atoms with Crippen LogP contribution in [0.3, 0.4) is 0 Å². The lowest BCUT2D eigenvalue weighted by Gasteiger charge is -2.38. The highest BCUT2D eigenvalue weighted by molar-refractivity contribution is 5.80. The molecule has 2 fully saturated rings. The smallest absolute Gasteiger partial charge is 0.193 e. The quantitative estimate of drug-likeness (QED) is 0.597. The third kappa shape index (κ3) is 3.66. The first kappa shape index (κ1) is 15.6. The van der Waals surface area contributed by atoms with Gasteiger partial charge in [0, 0.05) is 26.2 Å². The number of aliphatic imine (C=N–C) groups is 1. The van der Waals surface area contributed by atoms with E-state index in [2.05, 4.69) is 35.9 Å². The van der Waals surface area contributed by atoms with Crippen molar-refractivity contribution in [3.05, 3.63) is 0 Å². The number of hydrogen-bond acceptors (Lipinski definition) is 2. The van der Waals surface area contributed by atoms with Gasteiger partial charge in [-0.05, 0) is 44.7 Å². The molecular weight excluding hydrogens is 248 g/mol. The van der Waals surface area contributed by atoms with E-state index in [-0.39, 0.29) is 0 Å². The topological polar surface area (TPSA) is 30.9 Å². The third-order valence-corrected chi connectivity index (χ3v) is 5.06. The van der Waals surface area contributed by atoms with E-state index in [0.29, 0.717) is 5.41 Å². The van der Waals surface area contributed by atoms with Crippen molar-refractivity contribution in [2.75, 3.05) is 45.8 Å². The first-order valence-electron chi connectivity index (χ1n) is 8.48. The summed E-state index contributed by atoms with van der Waals surface area (Å²) in [7, 11) is 0. The second-order valence-corrected chi connectivity index (χ2v) is 6.29. The Balaban J connectivity index is 1.86. The summed E-state index contributed by atoms with van der Waals surface area (Å²) in [5.41, 5.74) is 0.648. The van der Waals surface area contributed by atoms with Gasteiger partial charge in [-0.25, -0.2) is 0 Å². The number of nitrogens with zero attached hydrogens (tertiary/aromatic N) is 3. The largest absolute Gasteiger partial charge is 0.357 e. The summed E-state index contributed by atoms with van der Waals surface area (Å²) in [5, 5.41) is 3.48. The molecule has 1 aliphatic heterocycles. The molecule has 0 atom stereocenters. The first-order chi connectivity index (χ1) is 9.73. The second kappa shape index (κ2) is 7.30. The van der Waals surface area contributed by atoms with Crippen molar-refractivity contribution in [2.45, 2.75) is 46.5 Å². The van der Waals surface area contributed by atoms with Crippen LogP contribution in [0, 0.1) is 5.41 Å². The van der Waals surface area contributed by atoms with Crippen molar-refractivity contribution in [1.29, 1.82) is 0 Å². The van der Waals surface area contributed by atoms with E-state index in [4.69, 9.17) is 4.99 Å². The van der Waals surface area contributed by atoms with Crippen molar-refractivity contribution in [3.8, 4) is 0 Å². The van der Waals surface area contributed by atoms with Gasteiger partial charge in [0.2, 0.25) is 0 Å². The summed E-state index contributed by atoms with van der Waals surface area (Å²) in [6.07, 6.45) is 5.67. The minimum atomic E-state index is 0.648. The molecule has 4 nitrogen and oxygen atoms in total. The average molecular weight is 280 g/mol. The Bertz CT molecular complexity index is 318. The first-order valence-corrected chi connectivity index (χ1v) is 8.48. The summed E-state index contributed by atoms with van der Waals surface area (Å²) in [6.45, 7) is 14.2. The number of guanidine groups is 1. The molecule has 1 saturated carbocycles. The van der Waals surface area contributed by atoms with Gasteiger partial charge in [0.05, 0.1) is 6.54 Å². The highest BCUT2D eigenvalue weighted by Crippen LogP contribution is 2.47. The minimum Gasteiger partial charge on any atom is -0.357 e. The van der Waals surface area contributed by atoms with E-state index in [0.717, 1.165) is 38.7 Å². The van der Waals surface area contributed by atoms with Crippen molar-refractivity contribution in [1.82, 2.24) is 15.1 Å². The maximum atomic E-state index is 4.84. The number of nitrogens with one attached hydrogen (secondary N) is 1. The van der Waals surface area contributed by atoms with E-state index in [9.17, 15) is 0 Å². The van der Waals surface area contributed by atoms with Gasteiger partial charge >= 0.3 is 0 Å². The van der Waals surface area contributed by atoms with Crippen molar-refractivity contribution in [3.63, 3.8) is 0 Å². The molecule has 1 spiro atoms. The monoisotopic (exact) mass is 280 g/mol. The number of rotatable bonds is 6. The maximum absolute atomic E-state index is 4.84. The molecule has 0 aromatic carbocycles. The molecule has 0 amide bonds. The van der Waals surface area contributed by atoms with Gasteiger partial charge in [-0.3, -0.25) is 4.99 Å². The van der Waals surface area contributed by atoms with Gasteiger partial charge < -0.3 is 15.1 Å². The molecule has 4 heteroatoms. The van der Waals surface area contributed by atoms with E-state index in [1.54, 1.807) is 0 Å². The van der Waals surface area contributed by atoms with Gasteiger partial charge in [-0.1, -0.05) is 20.3 Å². The van der Waals surface area contributed by atoms with Crippen molar-refractivity contribution in [2.24, 2.45) is 10.4 Å². The lowest BCUT2D eigenvalue weighted by molar-refractivity contribution is 0.151.